The molecule has 1 aliphatic rings. The maximum atomic E-state index is 12.0. The van der Waals surface area contributed by atoms with Crippen LogP contribution in [0.1, 0.15) is 56.2 Å². The highest BCUT2D eigenvalue weighted by Gasteiger charge is 2.28. The molecule has 0 spiro atoms. The molecule has 0 aromatic heterocycles. The molecule has 5 nitrogen and oxygen atoms in total. The van der Waals surface area contributed by atoms with Crippen molar-refractivity contribution in [2.45, 2.75) is 58.0 Å². The number of nitrogens with zero attached hydrogens (tertiary/aromatic N) is 2. The van der Waals surface area contributed by atoms with Crippen LogP contribution in [0.15, 0.2) is 59.6 Å². The monoisotopic (exact) mass is 548 g/mol. The number of amides is 1. The molecule has 2 aromatic rings. The van der Waals surface area contributed by atoms with Crippen molar-refractivity contribution < 1.29 is 4.79 Å². The van der Waals surface area contributed by atoms with Crippen molar-refractivity contribution in [3.05, 3.63) is 71.3 Å². The Morgan fingerprint density at radius 2 is 1.66 bits per heavy atom. The minimum atomic E-state index is 0. The maximum absolute atomic E-state index is 12.0. The lowest BCUT2D eigenvalue weighted by molar-refractivity contribution is -0.128. The van der Waals surface area contributed by atoms with Gasteiger partial charge < -0.3 is 15.5 Å². The Morgan fingerprint density at radius 3 is 2.25 bits per heavy atom. The first-order chi connectivity index (χ1) is 15.1. The molecule has 6 heteroatoms. The van der Waals surface area contributed by atoms with Gasteiger partial charge in [0.25, 0.3) is 0 Å². The molecule has 0 unspecified atom stereocenters. The van der Waals surface area contributed by atoms with Crippen LogP contribution in [0.4, 0.5) is 0 Å². The van der Waals surface area contributed by atoms with E-state index in [2.05, 4.69) is 78.0 Å². The molecule has 1 fully saturated rings. The fraction of sp³-hybridized carbons (Fsp3) is 0.462. The number of rotatable bonds is 9. The van der Waals surface area contributed by atoms with Gasteiger partial charge in [-0.1, -0.05) is 68.4 Å². The van der Waals surface area contributed by atoms with Crippen molar-refractivity contribution in [1.29, 1.82) is 0 Å². The number of aliphatic imine (C=N–C) groups is 1. The van der Waals surface area contributed by atoms with Gasteiger partial charge in [-0.2, -0.15) is 0 Å². The molecule has 0 saturated carbocycles. The normalized spacial score (nSPS) is 14.3. The highest BCUT2D eigenvalue weighted by atomic mass is 127. The van der Waals surface area contributed by atoms with E-state index in [4.69, 9.17) is 0 Å². The molecule has 3 rings (SSSR count). The van der Waals surface area contributed by atoms with Crippen molar-refractivity contribution in [2.75, 3.05) is 20.1 Å². The number of carbonyl (C=O) groups is 1. The molecule has 0 aliphatic carbocycles. The Labute approximate surface area is 210 Å². The predicted molar refractivity (Wildman–Crippen MR) is 143 cm³/mol. The number of hydrogen-bond acceptors (Lipinski definition) is 2. The lowest BCUT2D eigenvalue weighted by Gasteiger charge is -2.33. The van der Waals surface area contributed by atoms with Crippen molar-refractivity contribution in [2.24, 2.45) is 4.99 Å². The summed E-state index contributed by atoms with van der Waals surface area (Å²) < 4.78 is 0. The van der Waals surface area contributed by atoms with Gasteiger partial charge in [0.05, 0.1) is 0 Å². The van der Waals surface area contributed by atoms with E-state index in [0.29, 0.717) is 19.5 Å². The van der Waals surface area contributed by atoms with Crippen LogP contribution in [0.3, 0.4) is 0 Å². The number of likely N-dealkylation sites (tertiary alicyclic amines) is 1. The highest BCUT2D eigenvalue weighted by Crippen LogP contribution is 2.30. The van der Waals surface area contributed by atoms with E-state index in [1.54, 1.807) is 0 Å². The Morgan fingerprint density at radius 1 is 1.00 bits per heavy atom. The summed E-state index contributed by atoms with van der Waals surface area (Å²) in [6.45, 7) is 7.56. The maximum Gasteiger partial charge on any atom is 0.222 e. The number of nitrogens with one attached hydrogen (secondary N) is 2. The topological polar surface area (TPSA) is 56.7 Å². The van der Waals surface area contributed by atoms with E-state index in [1.165, 1.54) is 16.7 Å². The third-order valence-corrected chi connectivity index (χ3v) is 6.65. The van der Waals surface area contributed by atoms with Crippen LogP contribution in [0.25, 0.3) is 0 Å². The summed E-state index contributed by atoms with van der Waals surface area (Å²) >= 11 is 0. The molecule has 1 heterocycles. The van der Waals surface area contributed by atoms with E-state index in [1.807, 2.05) is 18.0 Å². The quantitative estimate of drug-likeness (QED) is 0.268. The van der Waals surface area contributed by atoms with Gasteiger partial charge in [-0.25, -0.2) is 0 Å². The first-order valence-electron chi connectivity index (χ1n) is 11.5. The van der Waals surface area contributed by atoms with Crippen molar-refractivity contribution in [3.63, 3.8) is 0 Å². The van der Waals surface area contributed by atoms with Crippen LogP contribution in [-0.4, -0.2) is 36.9 Å². The standard InChI is InChI=1S/C26H36N4O.HI/c1-4-26(5-2,23-14-7-6-8-15-23)20-29-25(27-3)28-18-21-12-9-10-13-22(21)19-30-17-11-16-24(30)31;/h6-10,12-15H,4-5,11,16-20H2,1-3H3,(H2,27,28,29);1H. The molecule has 2 N–H and O–H groups in total. The SMILES string of the molecule is CCC(CC)(CNC(=NC)NCc1ccccc1CN1CCCC1=O)c1ccccc1.I. The second-order valence-electron chi connectivity index (χ2n) is 8.32. The molecule has 1 aliphatic heterocycles. The van der Waals surface area contributed by atoms with Gasteiger partial charge in [0, 0.05) is 45.1 Å². The zero-order valence-corrected chi connectivity index (χ0v) is 21.9. The van der Waals surface area contributed by atoms with Gasteiger partial charge in [0.1, 0.15) is 0 Å². The lowest BCUT2D eigenvalue weighted by atomic mass is 9.76. The lowest BCUT2D eigenvalue weighted by Crippen LogP contribution is -2.45. The summed E-state index contributed by atoms with van der Waals surface area (Å²) in [5, 5.41) is 7.02. The third kappa shape index (κ3) is 6.47. The average molecular weight is 549 g/mol. The molecule has 1 saturated heterocycles. The van der Waals surface area contributed by atoms with Crippen LogP contribution in [-0.2, 0) is 23.3 Å². The van der Waals surface area contributed by atoms with E-state index >= 15 is 0 Å². The molecular formula is C26H37IN4O. The van der Waals surface area contributed by atoms with E-state index in [-0.39, 0.29) is 35.3 Å². The second-order valence-corrected chi connectivity index (χ2v) is 8.32. The van der Waals surface area contributed by atoms with Gasteiger partial charge in [-0.3, -0.25) is 9.79 Å². The van der Waals surface area contributed by atoms with Gasteiger partial charge >= 0.3 is 0 Å². The molecule has 2 aromatic carbocycles. The Bertz CT molecular complexity index is 880. The van der Waals surface area contributed by atoms with Crippen LogP contribution < -0.4 is 10.6 Å². The number of carbonyl (C=O) groups excluding carboxylic acids is 1. The van der Waals surface area contributed by atoms with Crippen molar-refractivity contribution in [3.8, 4) is 0 Å². The Hall–Kier alpha value is -2.09. The molecule has 0 bridgehead atoms. The van der Waals surface area contributed by atoms with Crippen molar-refractivity contribution >= 4 is 35.8 Å². The van der Waals surface area contributed by atoms with Crippen LogP contribution in [0.2, 0.25) is 0 Å². The summed E-state index contributed by atoms with van der Waals surface area (Å²) in [6, 6.07) is 19.1. The molecule has 32 heavy (non-hydrogen) atoms. The summed E-state index contributed by atoms with van der Waals surface area (Å²) in [7, 11) is 1.81. The van der Waals surface area contributed by atoms with Gasteiger partial charge in [0.2, 0.25) is 5.91 Å². The molecule has 0 atom stereocenters. The van der Waals surface area contributed by atoms with Gasteiger partial charge in [0.15, 0.2) is 5.96 Å². The van der Waals surface area contributed by atoms with E-state index < -0.39 is 0 Å². The summed E-state index contributed by atoms with van der Waals surface area (Å²) in [5.41, 5.74) is 3.84. The first kappa shape index (κ1) is 26.2. The fourth-order valence-electron chi connectivity index (χ4n) is 4.42. The molecule has 0 radical (unpaired) electrons. The Kier molecular flexibility index (Phi) is 10.5. The van der Waals surface area contributed by atoms with Crippen LogP contribution in [0, 0.1) is 0 Å². The smallest absolute Gasteiger partial charge is 0.222 e. The number of hydrogen-bond donors (Lipinski definition) is 2. The zero-order valence-electron chi connectivity index (χ0n) is 19.6. The second kappa shape index (κ2) is 12.8. The summed E-state index contributed by atoms with van der Waals surface area (Å²) in [4.78, 5) is 18.4. The largest absolute Gasteiger partial charge is 0.356 e. The number of guanidine groups is 1. The molecule has 1 amide bonds. The van der Waals surface area contributed by atoms with E-state index in [0.717, 1.165) is 38.3 Å². The summed E-state index contributed by atoms with van der Waals surface area (Å²) in [6.07, 6.45) is 3.76. The zero-order chi connectivity index (χ0) is 22.1. The third-order valence-electron chi connectivity index (χ3n) is 6.65. The van der Waals surface area contributed by atoms with Crippen LogP contribution in [0.5, 0.6) is 0 Å². The fourth-order valence-corrected chi connectivity index (χ4v) is 4.42. The van der Waals surface area contributed by atoms with E-state index in [9.17, 15) is 4.79 Å². The number of halogens is 1. The summed E-state index contributed by atoms with van der Waals surface area (Å²) in [5.74, 6) is 1.06. The minimum Gasteiger partial charge on any atom is -0.356 e. The first-order valence-corrected chi connectivity index (χ1v) is 11.5. The predicted octanol–water partition coefficient (Wildman–Crippen LogP) is 4.85. The minimum absolute atomic E-state index is 0. The highest BCUT2D eigenvalue weighted by molar-refractivity contribution is 14.0. The Balaban J connectivity index is 0.00000363. The van der Waals surface area contributed by atoms with Gasteiger partial charge in [-0.05, 0) is 36.0 Å². The van der Waals surface area contributed by atoms with Crippen LogP contribution >= 0.6 is 24.0 Å². The van der Waals surface area contributed by atoms with Gasteiger partial charge in [-0.15, -0.1) is 24.0 Å². The number of benzene rings is 2. The van der Waals surface area contributed by atoms with Crippen molar-refractivity contribution in [1.82, 2.24) is 15.5 Å². The average Bonchev–Trinajstić information content (AvgIpc) is 3.22. The molecular weight excluding hydrogens is 511 g/mol. The molecule has 174 valence electrons.